The number of nitrogens with zero attached hydrogens (tertiary/aromatic N) is 1. The number of fused-ring (bicyclic) bond motifs is 1. The maximum Gasteiger partial charge on any atom is 0.263 e. The van der Waals surface area contributed by atoms with Crippen molar-refractivity contribution in [2.24, 2.45) is 0 Å². The lowest BCUT2D eigenvalue weighted by Gasteiger charge is -2.21. The Morgan fingerprint density at radius 1 is 1.15 bits per heavy atom. The molecule has 0 radical (unpaired) electrons. The highest BCUT2D eigenvalue weighted by Crippen LogP contribution is 2.31. The molecule has 1 aromatic carbocycles. The molecule has 0 saturated carbocycles. The molecule has 2 aromatic heterocycles. The third-order valence-corrected chi connectivity index (χ3v) is 4.56. The summed E-state index contributed by atoms with van der Waals surface area (Å²) < 4.78 is 17.1. The molecule has 1 aliphatic heterocycles. The molecule has 3 heterocycles. The number of benzene rings is 1. The van der Waals surface area contributed by atoms with Gasteiger partial charge in [-0.1, -0.05) is 12.1 Å². The van der Waals surface area contributed by atoms with Crippen LogP contribution in [0.15, 0.2) is 56.3 Å². The molecule has 0 unspecified atom stereocenters. The van der Waals surface area contributed by atoms with Gasteiger partial charge in [0.15, 0.2) is 11.9 Å². The van der Waals surface area contributed by atoms with Crippen molar-refractivity contribution in [3.05, 3.63) is 52.9 Å². The molecular formula is C20H19NO5. The van der Waals surface area contributed by atoms with E-state index in [9.17, 15) is 9.59 Å². The zero-order valence-electron chi connectivity index (χ0n) is 14.4. The van der Waals surface area contributed by atoms with E-state index in [-0.39, 0.29) is 22.8 Å². The molecule has 1 fully saturated rings. The number of amides is 1. The first-order chi connectivity index (χ1) is 12.6. The van der Waals surface area contributed by atoms with Gasteiger partial charge in [0.05, 0.1) is 11.6 Å². The van der Waals surface area contributed by atoms with Crippen LogP contribution in [0, 0.1) is 0 Å². The summed E-state index contributed by atoms with van der Waals surface area (Å²) in [5.74, 6) is 0.447. The maximum atomic E-state index is 13.0. The lowest BCUT2D eigenvalue weighted by atomic mass is 10.2. The quantitative estimate of drug-likeness (QED) is 0.718. The minimum absolute atomic E-state index is 0.00121. The predicted octanol–water partition coefficient (Wildman–Crippen LogP) is 3.44. The number of rotatable bonds is 4. The molecule has 0 N–H and O–H groups in total. The van der Waals surface area contributed by atoms with Crippen LogP contribution in [0.5, 0.6) is 5.75 Å². The van der Waals surface area contributed by atoms with E-state index in [0.29, 0.717) is 16.7 Å². The van der Waals surface area contributed by atoms with Crippen LogP contribution in [0.4, 0.5) is 0 Å². The minimum atomic E-state index is -0.786. The van der Waals surface area contributed by atoms with Crippen LogP contribution in [0.2, 0.25) is 0 Å². The van der Waals surface area contributed by atoms with Gasteiger partial charge in [-0.15, -0.1) is 0 Å². The van der Waals surface area contributed by atoms with Crippen molar-refractivity contribution in [3.8, 4) is 17.3 Å². The van der Waals surface area contributed by atoms with Crippen LogP contribution in [0.25, 0.3) is 22.5 Å². The van der Waals surface area contributed by atoms with E-state index in [1.54, 1.807) is 48.2 Å². The second-order valence-corrected chi connectivity index (χ2v) is 6.36. The van der Waals surface area contributed by atoms with Gasteiger partial charge >= 0.3 is 0 Å². The van der Waals surface area contributed by atoms with Crippen LogP contribution in [0.1, 0.15) is 19.8 Å². The SMILES string of the molecule is C[C@H](Oc1c(-c2ccco2)oc2ccccc2c1=O)C(=O)N1CCCC1. The summed E-state index contributed by atoms with van der Waals surface area (Å²) in [4.78, 5) is 27.3. The van der Waals surface area contributed by atoms with Crippen LogP contribution < -0.4 is 10.2 Å². The lowest BCUT2D eigenvalue weighted by Crippen LogP contribution is -2.39. The average Bonchev–Trinajstić information content (AvgIpc) is 3.37. The third kappa shape index (κ3) is 2.87. The molecule has 6 heteroatoms. The summed E-state index contributed by atoms with van der Waals surface area (Å²) in [6.07, 6.45) is 2.70. The van der Waals surface area contributed by atoms with Gasteiger partial charge in [-0.05, 0) is 44.0 Å². The second-order valence-electron chi connectivity index (χ2n) is 6.36. The van der Waals surface area contributed by atoms with Crippen LogP contribution in [-0.4, -0.2) is 30.0 Å². The molecule has 1 aliphatic rings. The molecule has 26 heavy (non-hydrogen) atoms. The Balaban J connectivity index is 1.77. The summed E-state index contributed by atoms with van der Waals surface area (Å²) in [5, 5.41) is 0.402. The molecular weight excluding hydrogens is 334 g/mol. The molecule has 6 nitrogen and oxygen atoms in total. The van der Waals surface area contributed by atoms with E-state index in [2.05, 4.69) is 0 Å². The number of carbonyl (C=O) groups excluding carboxylic acids is 1. The second kappa shape index (κ2) is 6.71. The van der Waals surface area contributed by atoms with E-state index in [1.165, 1.54) is 6.26 Å². The van der Waals surface area contributed by atoms with Crippen LogP contribution in [0.3, 0.4) is 0 Å². The Labute approximate surface area is 150 Å². The van der Waals surface area contributed by atoms with Crippen LogP contribution >= 0.6 is 0 Å². The number of ether oxygens (including phenoxy) is 1. The monoisotopic (exact) mass is 353 g/mol. The summed E-state index contributed by atoms with van der Waals surface area (Å²) in [7, 11) is 0. The standard InChI is InChI=1S/C20H19NO5/c1-13(20(23)21-10-4-5-11-21)25-19-17(22)14-7-2-3-8-15(14)26-18(19)16-9-6-12-24-16/h2-3,6-9,12-13H,4-5,10-11H2,1H3/t13-/m0/s1. The van der Waals surface area contributed by atoms with Crippen molar-refractivity contribution in [1.82, 2.24) is 4.90 Å². The van der Waals surface area contributed by atoms with E-state index in [4.69, 9.17) is 13.6 Å². The van der Waals surface area contributed by atoms with Gasteiger partial charge in [-0.3, -0.25) is 9.59 Å². The molecule has 1 amide bonds. The van der Waals surface area contributed by atoms with Crippen molar-refractivity contribution in [2.45, 2.75) is 25.9 Å². The van der Waals surface area contributed by atoms with Gasteiger partial charge in [0.25, 0.3) is 5.91 Å². The number of hydrogen-bond donors (Lipinski definition) is 0. The fraction of sp³-hybridized carbons (Fsp3) is 0.300. The average molecular weight is 353 g/mol. The van der Waals surface area contributed by atoms with Crippen molar-refractivity contribution in [1.29, 1.82) is 0 Å². The zero-order chi connectivity index (χ0) is 18.1. The number of carbonyl (C=O) groups is 1. The Bertz CT molecular complexity index is 983. The topological polar surface area (TPSA) is 72.9 Å². The van der Waals surface area contributed by atoms with Gasteiger partial charge in [0, 0.05) is 13.1 Å². The number of furan rings is 1. The molecule has 4 rings (SSSR count). The largest absolute Gasteiger partial charge is 0.473 e. The van der Waals surface area contributed by atoms with Gasteiger partial charge < -0.3 is 18.5 Å². The lowest BCUT2D eigenvalue weighted by molar-refractivity contribution is -0.136. The smallest absolute Gasteiger partial charge is 0.263 e. The fourth-order valence-corrected chi connectivity index (χ4v) is 3.22. The first-order valence-electron chi connectivity index (χ1n) is 8.70. The van der Waals surface area contributed by atoms with Crippen molar-refractivity contribution in [3.63, 3.8) is 0 Å². The van der Waals surface area contributed by atoms with Gasteiger partial charge in [-0.2, -0.15) is 0 Å². The maximum absolute atomic E-state index is 13.0. The molecule has 134 valence electrons. The normalized spacial score (nSPS) is 15.3. The summed E-state index contributed by atoms with van der Waals surface area (Å²) in [6, 6.07) is 10.3. The summed E-state index contributed by atoms with van der Waals surface area (Å²) in [5.41, 5.74) is 0.120. The Morgan fingerprint density at radius 2 is 1.92 bits per heavy atom. The molecule has 0 aliphatic carbocycles. The van der Waals surface area contributed by atoms with Crippen molar-refractivity contribution in [2.75, 3.05) is 13.1 Å². The van der Waals surface area contributed by atoms with Crippen molar-refractivity contribution < 1.29 is 18.4 Å². The summed E-state index contributed by atoms with van der Waals surface area (Å²) >= 11 is 0. The predicted molar refractivity (Wildman–Crippen MR) is 96.1 cm³/mol. The highest BCUT2D eigenvalue weighted by atomic mass is 16.5. The van der Waals surface area contributed by atoms with Crippen LogP contribution in [-0.2, 0) is 4.79 Å². The Kier molecular flexibility index (Phi) is 4.24. The summed E-state index contributed by atoms with van der Waals surface area (Å²) in [6.45, 7) is 3.11. The van der Waals surface area contributed by atoms with Gasteiger partial charge in [0.2, 0.25) is 16.9 Å². The first-order valence-corrected chi connectivity index (χ1v) is 8.70. The number of para-hydroxylation sites is 1. The third-order valence-electron chi connectivity index (χ3n) is 4.56. The zero-order valence-corrected chi connectivity index (χ0v) is 14.4. The fourth-order valence-electron chi connectivity index (χ4n) is 3.22. The van der Waals surface area contributed by atoms with E-state index in [1.807, 2.05) is 0 Å². The minimum Gasteiger partial charge on any atom is -0.473 e. The molecule has 0 bridgehead atoms. The number of hydrogen-bond acceptors (Lipinski definition) is 5. The van der Waals surface area contributed by atoms with E-state index < -0.39 is 6.10 Å². The van der Waals surface area contributed by atoms with Gasteiger partial charge in [-0.25, -0.2) is 0 Å². The van der Waals surface area contributed by atoms with Gasteiger partial charge in [0.1, 0.15) is 5.58 Å². The van der Waals surface area contributed by atoms with Crippen molar-refractivity contribution >= 4 is 16.9 Å². The first kappa shape index (κ1) is 16.4. The highest BCUT2D eigenvalue weighted by Gasteiger charge is 2.28. The molecule has 1 atom stereocenters. The number of likely N-dealkylation sites (tertiary alicyclic amines) is 1. The highest BCUT2D eigenvalue weighted by molar-refractivity contribution is 5.83. The Hall–Kier alpha value is -3.02. The van der Waals surface area contributed by atoms with E-state index >= 15 is 0 Å². The molecule has 0 spiro atoms. The van der Waals surface area contributed by atoms with E-state index in [0.717, 1.165) is 25.9 Å². The molecule has 1 saturated heterocycles. The molecule has 3 aromatic rings. The Morgan fingerprint density at radius 3 is 2.65 bits per heavy atom.